The summed E-state index contributed by atoms with van der Waals surface area (Å²) in [7, 11) is 0. The highest BCUT2D eigenvalue weighted by Crippen LogP contribution is 2.36. The first kappa shape index (κ1) is 13.7. The molecule has 1 saturated carbocycles. The zero-order valence-electron chi connectivity index (χ0n) is 12.0. The molecular weight excluding hydrogens is 273 g/mol. The molecule has 0 saturated heterocycles. The number of hydrogen-bond donors (Lipinski definition) is 0. The third-order valence-corrected chi connectivity index (χ3v) is 3.46. The lowest BCUT2D eigenvalue weighted by atomic mass is 10.1. The molecule has 0 amide bonds. The van der Waals surface area contributed by atoms with Crippen molar-refractivity contribution in [2.75, 3.05) is 0 Å². The summed E-state index contributed by atoms with van der Waals surface area (Å²) in [5.74, 6) is 0.459. The van der Waals surface area contributed by atoms with Gasteiger partial charge < -0.3 is 9.30 Å². The number of benzene rings is 1. The van der Waals surface area contributed by atoms with Gasteiger partial charge >= 0.3 is 5.97 Å². The molecule has 3 rings (SSSR count). The van der Waals surface area contributed by atoms with Crippen molar-refractivity contribution < 1.29 is 13.9 Å². The lowest BCUT2D eigenvalue weighted by Crippen LogP contribution is -2.10. The smallest absolute Gasteiger partial charge is 0.338 e. The molecule has 1 aliphatic rings. The second kappa shape index (κ2) is 5.27. The summed E-state index contributed by atoms with van der Waals surface area (Å²) < 4.78 is 20.5. The van der Waals surface area contributed by atoms with Crippen LogP contribution in [0.5, 0.6) is 0 Å². The highest BCUT2D eigenvalue weighted by molar-refractivity contribution is 5.89. The van der Waals surface area contributed by atoms with E-state index in [9.17, 15) is 9.18 Å². The van der Waals surface area contributed by atoms with Crippen LogP contribution in [0.4, 0.5) is 4.39 Å². The Labute approximate surface area is 121 Å². The van der Waals surface area contributed by atoms with Crippen LogP contribution in [-0.4, -0.2) is 20.7 Å². The highest BCUT2D eigenvalue weighted by Gasteiger charge is 2.28. The number of nitrogens with zero attached hydrogens (tertiary/aromatic N) is 3. The van der Waals surface area contributed by atoms with Gasteiger partial charge in [0.1, 0.15) is 11.6 Å². The fraction of sp³-hybridized carbons (Fsp3) is 0.400. The minimum atomic E-state index is -0.555. The summed E-state index contributed by atoms with van der Waals surface area (Å²) in [6.07, 6.45) is 2.20. The summed E-state index contributed by atoms with van der Waals surface area (Å²) in [4.78, 5) is 12.0. The van der Waals surface area contributed by atoms with Crippen LogP contribution in [0.3, 0.4) is 0 Å². The average Bonchev–Trinajstić information content (AvgIpc) is 3.19. The second-order valence-electron chi connectivity index (χ2n) is 5.36. The summed E-state index contributed by atoms with van der Waals surface area (Å²) >= 11 is 0. The Bertz CT molecular complexity index is 672. The maximum Gasteiger partial charge on any atom is 0.338 e. The third-order valence-electron chi connectivity index (χ3n) is 3.46. The van der Waals surface area contributed by atoms with Crippen LogP contribution < -0.4 is 0 Å². The first-order valence-electron chi connectivity index (χ1n) is 6.89. The molecule has 1 aromatic carbocycles. The van der Waals surface area contributed by atoms with E-state index in [1.165, 1.54) is 12.1 Å². The predicted molar refractivity (Wildman–Crippen MR) is 73.3 cm³/mol. The Morgan fingerprint density at radius 1 is 1.33 bits per heavy atom. The molecule has 0 atom stereocenters. The summed E-state index contributed by atoms with van der Waals surface area (Å²) in [6, 6.07) is 4.56. The molecule has 0 radical (unpaired) electrons. The van der Waals surface area contributed by atoms with Crippen molar-refractivity contribution in [3.05, 3.63) is 46.8 Å². The van der Waals surface area contributed by atoms with E-state index < -0.39 is 11.8 Å². The van der Waals surface area contributed by atoms with E-state index in [4.69, 9.17) is 4.74 Å². The SMILES string of the molecule is Cc1cc(F)cc(C(=O)OCc2nnc(C)n2C2CC2)c1. The molecule has 5 nitrogen and oxygen atoms in total. The van der Waals surface area contributed by atoms with Crippen LogP contribution >= 0.6 is 0 Å². The van der Waals surface area contributed by atoms with E-state index >= 15 is 0 Å². The van der Waals surface area contributed by atoms with Crippen LogP contribution in [0, 0.1) is 19.7 Å². The third kappa shape index (κ3) is 2.94. The van der Waals surface area contributed by atoms with Gasteiger partial charge in [0, 0.05) is 6.04 Å². The van der Waals surface area contributed by atoms with E-state index in [1.807, 2.05) is 11.5 Å². The molecular formula is C15H16FN3O2. The minimum absolute atomic E-state index is 0.0474. The zero-order chi connectivity index (χ0) is 15.0. The largest absolute Gasteiger partial charge is 0.454 e. The van der Waals surface area contributed by atoms with Gasteiger partial charge in [0.25, 0.3) is 0 Å². The van der Waals surface area contributed by atoms with E-state index in [-0.39, 0.29) is 12.2 Å². The van der Waals surface area contributed by atoms with Crippen LogP contribution in [0.25, 0.3) is 0 Å². The number of rotatable bonds is 4. The molecule has 0 aliphatic heterocycles. The van der Waals surface area contributed by atoms with Gasteiger partial charge in [-0.2, -0.15) is 0 Å². The fourth-order valence-corrected chi connectivity index (χ4v) is 2.39. The number of halogens is 1. The Morgan fingerprint density at radius 2 is 2.10 bits per heavy atom. The van der Waals surface area contributed by atoms with Crippen molar-refractivity contribution in [2.45, 2.75) is 39.3 Å². The normalized spacial score (nSPS) is 14.2. The Hall–Kier alpha value is -2.24. The standard InChI is InChI=1S/C15H16FN3O2/c1-9-5-11(7-12(16)6-9)15(20)21-8-14-18-17-10(2)19(14)13-3-4-13/h5-7,13H,3-4,8H2,1-2H3. The fourth-order valence-electron chi connectivity index (χ4n) is 2.39. The van der Waals surface area contributed by atoms with Gasteiger partial charge in [-0.25, -0.2) is 9.18 Å². The molecule has 1 aliphatic carbocycles. The van der Waals surface area contributed by atoms with Gasteiger partial charge in [-0.05, 0) is 50.5 Å². The van der Waals surface area contributed by atoms with Crippen LogP contribution in [0.2, 0.25) is 0 Å². The van der Waals surface area contributed by atoms with E-state index in [0.717, 1.165) is 18.7 Å². The highest BCUT2D eigenvalue weighted by atomic mass is 19.1. The molecule has 6 heteroatoms. The van der Waals surface area contributed by atoms with Crippen molar-refractivity contribution in [2.24, 2.45) is 0 Å². The number of hydrogen-bond acceptors (Lipinski definition) is 4. The maximum absolute atomic E-state index is 13.3. The predicted octanol–water partition coefficient (Wildman–Crippen LogP) is 2.73. The molecule has 0 spiro atoms. The van der Waals surface area contributed by atoms with Gasteiger partial charge in [-0.3, -0.25) is 0 Å². The van der Waals surface area contributed by atoms with Crippen molar-refractivity contribution in [3.8, 4) is 0 Å². The number of esters is 1. The van der Waals surface area contributed by atoms with E-state index in [1.54, 1.807) is 13.0 Å². The van der Waals surface area contributed by atoms with Crippen molar-refractivity contribution in [1.29, 1.82) is 0 Å². The van der Waals surface area contributed by atoms with Gasteiger partial charge in [-0.15, -0.1) is 10.2 Å². The average molecular weight is 289 g/mol. The summed E-state index contributed by atoms with van der Waals surface area (Å²) in [6.45, 7) is 3.66. The molecule has 2 aromatic rings. The van der Waals surface area contributed by atoms with Crippen LogP contribution in [0.15, 0.2) is 18.2 Å². The minimum Gasteiger partial charge on any atom is -0.454 e. The molecule has 21 heavy (non-hydrogen) atoms. The molecule has 1 aromatic heterocycles. The van der Waals surface area contributed by atoms with Crippen molar-refractivity contribution >= 4 is 5.97 Å². The van der Waals surface area contributed by atoms with E-state index in [2.05, 4.69) is 10.2 Å². The number of aryl methyl sites for hydroxylation is 2. The van der Waals surface area contributed by atoms with Gasteiger partial charge in [0.2, 0.25) is 0 Å². The Kier molecular flexibility index (Phi) is 3.45. The summed E-state index contributed by atoms with van der Waals surface area (Å²) in [5, 5.41) is 8.06. The summed E-state index contributed by atoms with van der Waals surface area (Å²) in [5.41, 5.74) is 0.889. The number of aromatic nitrogens is 3. The van der Waals surface area contributed by atoms with Crippen LogP contribution in [0.1, 0.15) is 46.5 Å². The molecule has 0 unspecified atom stereocenters. The molecule has 0 bridgehead atoms. The second-order valence-corrected chi connectivity index (χ2v) is 5.36. The number of carbonyl (C=O) groups is 1. The Balaban J connectivity index is 1.71. The number of carbonyl (C=O) groups excluding carboxylic acids is 1. The lowest BCUT2D eigenvalue weighted by Gasteiger charge is -2.08. The molecule has 0 N–H and O–H groups in total. The van der Waals surface area contributed by atoms with Gasteiger partial charge in [0.05, 0.1) is 5.56 Å². The Morgan fingerprint density at radius 3 is 2.76 bits per heavy atom. The van der Waals surface area contributed by atoms with Crippen molar-refractivity contribution in [1.82, 2.24) is 14.8 Å². The first-order chi connectivity index (χ1) is 10.0. The number of ether oxygens (including phenoxy) is 1. The topological polar surface area (TPSA) is 57.0 Å². The first-order valence-corrected chi connectivity index (χ1v) is 6.89. The lowest BCUT2D eigenvalue weighted by molar-refractivity contribution is 0.0456. The maximum atomic E-state index is 13.3. The van der Waals surface area contributed by atoms with Crippen LogP contribution in [-0.2, 0) is 11.3 Å². The van der Waals surface area contributed by atoms with Gasteiger partial charge in [-0.1, -0.05) is 0 Å². The molecule has 1 heterocycles. The van der Waals surface area contributed by atoms with Gasteiger partial charge in [0.15, 0.2) is 12.4 Å². The molecule has 1 fully saturated rings. The zero-order valence-corrected chi connectivity index (χ0v) is 12.0. The van der Waals surface area contributed by atoms with Crippen molar-refractivity contribution in [3.63, 3.8) is 0 Å². The molecule has 110 valence electrons. The monoisotopic (exact) mass is 289 g/mol. The van der Waals surface area contributed by atoms with E-state index in [0.29, 0.717) is 17.4 Å². The quantitative estimate of drug-likeness (QED) is 0.812.